The van der Waals surface area contributed by atoms with Crippen molar-refractivity contribution in [1.82, 2.24) is 4.31 Å². The zero-order chi connectivity index (χ0) is 15.6. The summed E-state index contributed by atoms with van der Waals surface area (Å²) in [7, 11) is -1.88. The molecule has 0 heterocycles. The van der Waals surface area contributed by atoms with Crippen LogP contribution in [0.25, 0.3) is 0 Å². The minimum absolute atomic E-state index is 0.342. The number of rotatable bonds is 4. The number of hydrogen-bond acceptors (Lipinski definition) is 2. The highest BCUT2D eigenvalue weighted by Gasteiger charge is 2.23. The first-order chi connectivity index (χ1) is 9.80. The lowest BCUT2D eigenvalue weighted by atomic mass is 10.2. The van der Waals surface area contributed by atoms with Gasteiger partial charge in [0, 0.05) is 18.1 Å². The van der Waals surface area contributed by atoms with Gasteiger partial charge < -0.3 is 0 Å². The summed E-state index contributed by atoms with van der Waals surface area (Å²) in [4.78, 5) is 0.375. The van der Waals surface area contributed by atoms with Crippen molar-refractivity contribution < 1.29 is 8.42 Å². The predicted molar refractivity (Wildman–Crippen MR) is 88.7 cm³/mol. The molecule has 0 saturated carbocycles. The van der Waals surface area contributed by atoms with Crippen molar-refractivity contribution in [2.24, 2.45) is 0 Å². The average molecular weight is 368 g/mol. The molecule has 2 rings (SSSR count). The number of nitrogens with zero attached hydrogens (tertiary/aromatic N) is 1. The lowest BCUT2D eigenvalue weighted by molar-refractivity contribution is 0.466. The zero-order valence-electron chi connectivity index (χ0n) is 12.3. The Labute approximate surface area is 134 Å². The van der Waals surface area contributed by atoms with E-state index in [1.165, 1.54) is 4.31 Å². The van der Waals surface area contributed by atoms with E-state index < -0.39 is 10.0 Å². The van der Waals surface area contributed by atoms with Gasteiger partial charge in [-0.2, -0.15) is 4.31 Å². The Bertz CT molecular complexity index is 757. The van der Waals surface area contributed by atoms with Crippen LogP contribution in [0.5, 0.6) is 0 Å². The maximum Gasteiger partial charge on any atom is 0.243 e. The molecule has 0 aliphatic rings. The van der Waals surface area contributed by atoms with Gasteiger partial charge in [-0.05, 0) is 48.7 Å². The van der Waals surface area contributed by atoms with Gasteiger partial charge in [0.1, 0.15) is 0 Å². The Morgan fingerprint density at radius 2 is 1.81 bits per heavy atom. The number of benzene rings is 2. The Morgan fingerprint density at radius 1 is 1.10 bits per heavy atom. The van der Waals surface area contributed by atoms with E-state index in [1.807, 2.05) is 50.2 Å². The van der Waals surface area contributed by atoms with Crippen LogP contribution in [0.2, 0.25) is 0 Å². The van der Waals surface area contributed by atoms with E-state index in [0.717, 1.165) is 21.2 Å². The van der Waals surface area contributed by atoms with Gasteiger partial charge in [0.05, 0.1) is 4.90 Å². The molecule has 0 aromatic heterocycles. The summed E-state index contributed by atoms with van der Waals surface area (Å²) in [5.41, 5.74) is 2.65. The predicted octanol–water partition coefficient (Wildman–Crippen LogP) is 3.89. The summed E-state index contributed by atoms with van der Waals surface area (Å²) < 4.78 is 27.7. The first kappa shape index (κ1) is 16.2. The Balaban J connectivity index is 2.33. The molecule has 2 aromatic rings. The van der Waals surface area contributed by atoms with Gasteiger partial charge in [0.15, 0.2) is 0 Å². The van der Waals surface area contributed by atoms with Gasteiger partial charge in [-0.15, -0.1) is 0 Å². The third-order valence-corrected chi connectivity index (χ3v) is 5.76. The van der Waals surface area contributed by atoms with Crippen molar-refractivity contribution in [2.45, 2.75) is 25.3 Å². The summed E-state index contributed by atoms with van der Waals surface area (Å²) in [6.45, 7) is 4.06. The van der Waals surface area contributed by atoms with Crippen LogP contribution in [0, 0.1) is 13.8 Å². The smallest absolute Gasteiger partial charge is 0.207 e. The van der Waals surface area contributed by atoms with E-state index in [4.69, 9.17) is 0 Å². The molecule has 0 aliphatic carbocycles. The second kappa shape index (κ2) is 6.30. The van der Waals surface area contributed by atoms with E-state index in [9.17, 15) is 8.42 Å². The fourth-order valence-electron chi connectivity index (χ4n) is 2.13. The van der Waals surface area contributed by atoms with E-state index in [-0.39, 0.29) is 0 Å². The third-order valence-electron chi connectivity index (χ3n) is 3.33. The molecule has 0 N–H and O–H groups in total. The van der Waals surface area contributed by atoms with E-state index in [0.29, 0.717) is 11.4 Å². The molecule has 3 nitrogen and oxygen atoms in total. The third kappa shape index (κ3) is 3.73. The first-order valence-corrected chi connectivity index (χ1v) is 8.82. The molecule has 0 fully saturated rings. The highest BCUT2D eigenvalue weighted by molar-refractivity contribution is 9.10. The van der Waals surface area contributed by atoms with Crippen molar-refractivity contribution in [3.8, 4) is 0 Å². The maximum absolute atomic E-state index is 12.7. The van der Waals surface area contributed by atoms with Crippen LogP contribution >= 0.6 is 15.9 Å². The number of aryl methyl sites for hydroxylation is 2. The molecular weight excluding hydrogens is 350 g/mol. The van der Waals surface area contributed by atoms with Crippen molar-refractivity contribution in [3.63, 3.8) is 0 Å². The van der Waals surface area contributed by atoms with Gasteiger partial charge in [-0.3, -0.25) is 0 Å². The SMILES string of the molecule is Cc1ccc(C)c(S(=O)(=O)N(C)Cc2cccc(Br)c2)c1. The summed E-state index contributed by atoms with van der Waals surface area (Å²) >= 11 is 3.40. The normalized spacial score (nSPS) is 11.9. The van der Waals surface area contributed by atoms with Gasteiger partial charge in [-0.25, -0.2) is 8.42 Å². The molecule has 0 saturated heterocycles. The van der Waals surface area contributed by atoms with Crippen LogP contribution in [-0.4, -0.2) is 19.8 Å². The van der Waals surface area contributed by atoms with Crippen LogP contribution in [0.15, 0.2) is 51.8 Å². The van der Waals surface area contributed by atoms with Crippen LogP contribution in [-0.2, 0) is 16.6 Å². The Morgan fingerprint density at radius 3 is 2.48 bits per heavy atom. The molecule has 112 valence electrons. The second-order valence-corrected chi connectivity index (χ2v) is 8.09. The lowest BCUT2D eigenvalue weighted by Crippen LogP contribution is -2.27. The number of sulfonamides is 1. The standard InChI is InChI=1S/C16H18BrNO2S/c1-12-7-8-13(2)16(9-12)21(19,20)18(3)11-14-5-4-6-15(17)10-14/h4-10H,11H2,1-3H3. The molecule has 0 atom stereocenters. The maximum atomic E-state index is 12.7. The van der Waals surface area contributed by atoms with E-state index >= 15 is 0 Å². The second-order valence-electron chi connectivity index (χ2n) is 5.16. The summed E-state index contributed by atoms with van der Waals surface area (Å²) in [6.07, 6.45) is 0. The number of halogens is 1. The molecule has 0 amide bonds. The van der Waals surface area contributed by atoms with Crippen LogP contribution in [0.3, 0.4) is 0 Å². The van der Waals surface area contributed by atoms with Crippen molar-refractivity contribution >= 4 is 26.0 Å². The average Bonchev–Trinajstić information content (AvgIpc) is 2.41. The molecule has 0 aliphatic heterocycles. The monoisotopic (exact) mass is 367 g/mol. The molecule has 0 bridgehead atoms. The fourth-order valence-corrected chi connectivity index (χ4v) is 4.04. The molecule has 0 spiro atoms. The van der Waals surface area contributed by atoms with Gasteiger partial charge in [0.2, 0.25) is 10.0 Å². The molecule has 5 heteroatoms. The van der Waals surface area contributed by atoms with Crippen molar-refractivity contribution in [1.29, 1.82) is 0 Å². The lowest BCUT2D eigenvalue weighted by Gasteiger charge is -2.19. The largest absolute Gasteiger partial charge is 0.243 e. The summed E-state index contributed by atoms with van der Waals surface area (Å²) in [5.74, 6) is 0. The van der Waals surface area contributed by atoms with Crippen molar-refractivity contribution in [2.75, 3.05) is 7.05 Å². The van der Waals surface area contributed by atoms with Crippen LogP contribution in [0.4, 0.5) is 0 Å². The zero-order valence-corrected chi connectivity index (χ0v) is 14.7. The van der Waals surface area contributed by atoms with Crippen LogP contribution < -0.4 is 0 Å². The molecule has 2 aromatic carbocycles. The summed E-state index contributed by atoms with van der Waals surface area (Å²) in [5, 5.41) is 0. The first-order valence-electron chi connectivity index (χ1n) is 6.59. The van der Waals surface area contributed by atoms with Gasteiger partial charge in [0.25, 0.3) is 0 Å². The number of hydrogen-bond donors (Lipinski definition) is 0. The summed E-state index contributed by atoms with van der Waals surface area (Å²) in [6, 6.07) is 13.1. The van der Waals surface area contributed by atoms with Crippen molar-refractivity contribution in [3.05, 3.63) is 63.6 Å². The molecule has 0 radical (unpaired) electrons. The minimum atomic E-state index is -3.49. The molecule has 21 heavy (non-hydrogen) atoms. The van der Waals surface area contributed by atoms with E-state index in [1.54, 1.807) is 13.1 Å². The highest BCUT2D eigenvalue weighted by Crippen LogP contribution is 2.22. The van der Waals surface area contributed by atoms with E-state index in [2.05, 4.69) is 15.9 Å². The molecular formula is C16H18BrNO2S. The fraction of sp³-hybridized carbons (Fsp3) is 0.250. The van der Waals surface area contributed by atoms with Crippen LogP contribution in [0.1, 0.15) is 16.7 Å². The molecule has 0 unspecified atom stereocenters. The van der Waals surface area contributed by atoms with Gasteiger partial charge in [-0.1, -0.05) is 40.2 Å². The topological polar surface area (TPSA) is 37.4 Å². The Kier molecular flexibility index (Phi) is 4.86. The van der Waals surface area contributed by atoms with Gasteiger partial charge >= 0.3 is 0 Å². The quantitative estimate of drug-likeness (QED) is 0.821. The Hall–Kier alpha value is -1.17. The minimum Gasteiger partial charge on any atom is -0.207 e. The highest BCUT2D eigenvalue weighted by atomic mass is 79.9.